The zero-order valence-electron chi connectivity index (χ0n) is 18.9. The van der Waals surface area contributed by atoms with Crippen LogP contribution in [0.15, 0.2) is 41.3 Å². The summed E-state index contributed by atoms with van der Waals surface area (Å²) in [5.74, 6) is -1.67. The Balaban J connectivity index is 2.18. The fourth-order valence-corrected chi connectivity index (χ4v) is 3.37. The first-order valence-electron chi connectivity index (χ1n) is 10.3. The second-order valence-corrected chi connectivity index (χ2v) is 8.86. The Hall–Kier alpha value is -3.70. The number of pyridine rings is 1. The van der Waals surface area contributed by atoms with E-state index >= 15 is 0 Å². The largest absolute Gasteiger partial charge is 0.443 e. The molecule has 0 radical (unpaired) electrons. The van der Waals surface area contributed by atoms with Crippen LogP contribution >= 0.6 is 0 Å². The normalized spacial score (nSPS) is 13.1. The third-order valence-electron chi connectivity index (χ3n) is 5.01. The van der Waals surface area contributed by atoms with E-state index in [4.69, 9.17) is 4.74 Å². The number of nitrogens with zero attached hydrogens (tertiary/aromatic N) is 4. The molecule has 2 heterocycles. The van der Waals surface area contributed by atoms with Crippen molar-refractivity contribution in [1.82, 2.24) is 14.1 Å². The van der Waals surface area contributed by atoms with Gasteiger partial charge in [0.05, 0.1) is 28.4 Å². The minimum atomic E-state index is -4.42. The maximum Gasteiger partial charge on any atom is 0.420 e. The molecule has 0 bridgehead atoms. The number of alkyl halides is 3. The number of ether oxygens (including phenoxy) is 1. The first kappa shape index (κ1) is 24.9. The van der Waals surface area contributed by atoms with Crippen molar-refractivity contribution < 1.29 is 27.6 Å². The number of hydrogen-bond acceptors (Lipinski definition) is 6. The Kier molecular flexibility index (Phi) is 6.54. The molecule has 9 nitrogen and oxygen atoms in total. The van der Waals surface area contributed by atoms with E-state index in [1.807, 2.05) is 0 Å². The zero-order valence-corrected chi connectivity index (χ0v) is 18.9. The number of carbonyl (C=O) groups excluding carboxylic acids is 1. The molecule has 0 aliphatic heterocycles. The summed E-state index contributed by atoms with van der Waals surface area (Å²) in [6.45, 7) is 5.64. The van der Waals surface area contributed by atoms with Crippen molar-refractivity contribution in [2.45, 2.75) is 52.4 Å². The van der Waals surface area contributed by atoms with E-state index in [0.29, 0.717) is 0 Å². The molecule has 0 aliphatic carbocycles. The molecule has 0 N–H and O–H groups in total. The van der Waals surface area contributed by atoms with Gasteiger partial charge in [-0.3, -0.25) is 14.9 Å². The summed E-state index contributed by atoms with van der Waals surface area (Å²) < 4.78 is 47.0. The maximum absolute atomic E-state index is 13.2. The second kappa shape index (κ2) is 8.92. The Morgan fingerprint density at radius 1 is 1.21 bits per heavy atom. The molecule has 0 aliphatic rings. The van der Waals surface area contributed by atoms with E-state index in [2.05, 4.69) is 4.98 Å². The molecule has 182 valence electrons. The molecular weight excluding hydrogens is 457 g/mol. The minimum absolute atomic E-state index is 0.0149. The van der Waals surface area contributed by atoms with Gasteiger partial charge < -0.3 is 9.30 Å². The highest BCUT2D eigenvalue weighted by Crippen LogP contribution is 2.31. The van der Waals surface area contributed by atoms with Crippen LogP contribution in [0.3, 0.4) is 0 Å². The third kappa shape index (κ3) is 5.26. The molecule has 34 heavy (non-hydrogen) atoms. The van der Waals surface area contributed by atoms with Crippen LogP contribution in [0.5, 0.6) is 0 Å². The molecular formula is C22H23F3N4O5. The van der Waals surface area contributed by atoms with E-state index < -0.39 is 40.0 Å². The summed E-state index contributed by atoms with van der Waals surface area (Å²) in [7, 11) is 0. The van der Waals surface area contributed by atoms with Crippen molar-refractivity contribution in [3.05, 3.63) is 68.4 Å². The van der Waals surface area contributed by atoms with Crippen LogP contribution in [0, 0.1) is 16.0 Å². The quantitative estimate of drug-likeness (QED) is 0.388. The first-order valence-corrected chi connectivity index (χ1v) is 10.3. The Morgan fingerprint density at radius 2 is 1.88 bits per heavy atom. The molecule has 0 spiro atoms. The van der Waals surface area contributed by atoms with Gasteiger partial charge in [-0.05, 0) is 44.9 Å². The smallest absolute Gasteiger partial charge is 0.420 e. The highest BCUT2D eigenvalue weighted by molar-refractivity contribution is 5.89. The lowest BCUT2D eigenvalue weighted by molar-refractivity contribution is -0.386. The number of imidazole rings is 1. The van der Waals surface area contributed by atoms with Gasteiger partial charge in [-0.15, -0.1) is 0 Å². The van der Waals surface area contributed by atoms with E-state index in [1.165, 1.54) is 30.5 Å². The number of rotatable bonds is 5. The number of aromatic nitrogens is 3. The average molecular weight is 480 g/mol. The van der Waals surface area contributed by atoms with Gasteiger partial charge in [-0.2, -0.15) is 13.2 Å². The molecule has 0 amide bonds. The first-order chi connectivity index (χ1) is 15.7. The van der Waals surface area contributed by atoms with Gasteiger partial charge in [0.1, 0.15) is 11.4 Å². The Morgan fingerprint density at radius 3 is 2.47 bits per heavy atom. The van der Waals surface area contributed by atoms with E-state index in [1.54, 1.807) is 20.8 Å². The Bertz CT molecular complexity index is 1300. The third-order valence-corrected chi connectivity index (χ3v) is 5.01. The molecule has 12 heteroatoms. The molecule has 3 rings (SSSR count). The highest BCUT2D eigenvalue weighted by atomic mass is 19.4. The molecule has 0 fully saturated rings. The molecule has 1 atom stereocenters. The van der Waals surface area contributed by atoms with Gasteiger partial charge >= 0.3 is 23.5 Å². The van der Waals surface area contributed by atoms with Gasteiger partial charge in [0.25, 0.3) is 0 Å². The highest BCUT2D eigenvalue weighted by Gasteiger charge is 2.36. The summed E-state index contributed by atoms with van der Waals surface area (Å²) >= 11 is 0. The topological polar surface area (TPSA) is 109 Å². The number of hydrogen-bond donors (Lipinski definition) is 0. The van der Waals surface area contributed by atoms with Gasteiger partial charge in [0.2, 0.25) is 0 Å². The van der Waals surface area contributed by atoms with E-state index in [-0.39, 0.29) is 35.4 Å². The second-order valence-electron chi connectivity index (χ2n) is 8.86. The SMILES string of the molecule is CC(Cc1cccc2c1nc(Cn1cccc([N+](=O)[O-])c1=O)n2C(=O)OC(C)(C)C)C(F)(F)F. The number of para-hydroxylation sites is 1. The Labute approximate surface area is 191 Å². The molecule has 3 aromatic rings. The van der Waals surface area contributed by atoms with Crippen LogP contribution in [0.1, 0.15) is 39.1 Å². The lowest BCUT2D eigenvalue weighted by Gasteiger charge is -2.20. The van der Waals surface area contributed by atoms with Gasteiger partial charge in [-0.1, -0.05) is 19.1 Å². The van der Waals surface area contributed by atoms with Crippen molar-refractivity contribution in [2.75, 3.05) is 0 Å². The predicted molar refractivity (Wildman–Crippen MR) is 117 cm³/mol. The standard InChI is InChI=1S/C22H23F3N4O5/c1-13(22(23,24)25)11-14-7-5-8-15-18(14)26-17(28(15)20(31)34-21(2,3)4)12-27-10-6-9-16(19(27)30)29(32)33/h5-10,13H,11-12H2,1-4H3. The fourth-order valence-electron chi connectivity index (χ4n) is 3.37. The number of halogens is 3. The van der Waals surface area contributed by atoms with Gasteiger partial charge in [-0.25, -0.2) is 14.3 Å². The molecule has 1 unspecified atom stereocenters. The van der Waals surface area contributed by atoms with Crippen molar-refractivity contribution >= 4 is 22.8 Å². The van der Waals surface area contributed by atoms with Crippen LogP contribution < -0.4 is 5.56 Å². The molecule has 2 aromatic heterocycles. The lowest BCUT2D eigenvalue weighted by atomic mass is 9.99. The lowest BCUT2D eigenvalue weighted by Crippen LogP contribution is -2.29. The monoisotopic (exact) mass is 480 g/mol. The molecule has 0 saturated heterocycles. The summed E-state index contributed by atoms with van der Waals surface area (Å²) in [5.41, 5.74) is -1.86. The van der Waals surface area contributed by atoms with Crippen LogP contribution in [-0.4, -0.2) is 36.9 Å². The van der Waals surface area contributed by atoms with E-state index in [0.717, 1.165) is 22.1 Å². The summed E-state index contributed by atoms with van der Waals surface area (Å²) in [4.78, 5) is 40.2. The molecule has 0 saturated carbocycles. The maximum atomic E-state index is 13.2. The number of fused-ring (bicyclic) bond motifs is 1. The van der Waals surface area contributed by atoms with Crippen LogP contribution in [0.2, 0.25) is 0 Å². The van der Waals surface area contributed by atoms with Crippen LogP contribution in [0.4, 0.5) is 23.7 Å². The number of benzene rings is 1. The predicted octanol–water partition coefficient (Wildman–Crippen LogP) is 4.68. The summed E-state index contributed by atoms with van der Waals surface area (Å²) in [6, 6.07) is 6.85. The van der Waals surface area contributed by atoms with Crippen LogP contribution in [0.25, 0.3) is 11.0 Å². The average Bonchev–Trinajstić information content (AvgIpc) is 3.06. The van der Waals surface area contributed by atoms with Crippen molar-refractivity contribution in [2.24, 2.45) is 5.92 Å². The van der Waals surface area contributed by atoms with Crippen LogP contribution in [-0.2, 0) is 17.7 Å². The van der Waals surface area contributed by atoms with Crippen molar-refractivity contribution in [1.29, 1.82) is 0 Å². The zero-order chi connectivity index (χ0) is 25.4. The fraction of sp³-hybridized carbons (Fsp3) is 0.409. The van der Waals surface area contributed by atoms with Crippen molar-refractivity contribution in [3.63, 3.8) is 0 Å². The summed E-state index contributed by atoms with van der Waals surface area (Å²) in [5, 5.41) is 11.1. The minimum Gasteiger partial charge on any atom is -0.443 e. The van der Waals surface area contributed by atoms with E-state index in [9.17, 15) is 32.9 Å². The number of carbonyl (C=O) groups is 1. The molecule has 1 aromatic carbocycles. The van der Waals surface area contributed by atoms with Gasteiger partial charge in [0.15, 0.2) is 0 Å². The number of nitro groups is 1. The van der Waals surface area contributed by atoms with Gasteiger partial charge in [0, 0.05) is 12.3 Å². The van der Waals surface area contributed by atoms with Crippen molar-refractivity contribution in [3.8, 4) is 0 Å². The summed E-state index contributed by atoms with van der Waals surface area (Å²) in [6.07, 6.45) is -4.34.